The number of hydrogen-bond donors (Lipinski definition) is 3. The summed E-state index contributed by atoms with van der Waals surface area (Å²) in [6, 6.07) is 1.51. The highest BCUT2D eigenvalue weighted by atomic mass is 35.5. The van der Waals surface area contributed by atoms with Crippen LogP contribution in [0.15, 0.2) is 17.6 Å². The lowest BCUT2D eigenvalue weighted by Gasteiger charge is -2.06. The Bertz CT molecular complexity index is 601. The maximum atomic E-state index is 11.9. The number of anilines is 1. The van der Waals surface area contributed by atoms with E-state index in [2.05, 4.69) is 20.7 Å². The predicted molar refractivity (Wildman–Crippen MR) is 75.1 cm³/mol. The monoisotopic (exact) mass is 297 g/mol. The molecule has 2 heterocycles. The van der Waals surface area contributed by atoms with Gasteiger partial charge in [-0.3, -0.25) is 4.79 Å². The highest BCUT2D eigenvalue weighted by Gasteiger charge is 2.10. The SMILES string of the molecule is Cc1nc(CNC(=O)c2cnc(NN)c(Cl)c2)cs1. The Hall–Kier alpha value is -1.70. The molecule has 1 amide bonds. The molecule has 6 nitrogen and oxygen atoms in total. The van der Waals surface area contributed by atoms with Gasteiger partial charge < -0.3 is 10.7 Å². The van der Waals surface area contributed by atoms with Crippen molar-refractivity contribution in [2.75, 3.05) is 5.43 Å². The van der Waals surface area contributed by atoms with Gasteiger partial charge in [-0.25, -0.2) is 15.8 Å². The summed E-state index contributed by atoms with van der Waals surface area (Å²) in [5.41, 5.74) is 3.54. The third-order valence-corrected chi connectivity index (χ3v) is 3.45. The van der Waals surface area contributed by atoms with Crippen LogP contribution >= 0.6 is 22.9 Å². The molecule has 2 rings (SSSR count). The van der Waals surface area contributed by atoms with Crippen molar-refractivity contribution in [3.63, 3.8) is 0 Å². The van der Waals surface area contributed by atoms with E-state index < -0.39 is 0 Å². The number of nitrogens with zero attached hydrogens (tertiary/aromatic N) is 2. The smallest absolute Gasteiger partial charge is 0.253 e. The van der Waals surface area contributed by atoms with Crippen molar-refractivity contribution in [3.05, 3.63) is 38.9 Å². The number of aryl methyl sites for hydroxylation is 1. The van der Waals surface area contributed by atoms with Gasteiger partial charge in [-0.05, 0) is 13.0 Å². The van der Waals surface area contributed by atoms with E-state index in [0.29, 0.717) is 22.9 Å². The van der Waals surface area contributed by atoms with Crippen LogP contribution in [0.3, 0.4) is 0 Å². The van der Waals surface area contributed by atoms with Gasteiger partial charge >= 0.3 is 0 Å². The first-order chi connectivity index (χ1) is 9.10. The van der Waals surface area contributed by atoms with Crippen LogP contribution in [0.1, 0.15) is 21.1 Å². The van der Waals surface area contributed by atoms with E-state index in [1.54, 1.807) is 11.3 Å². The molecule has 0 saturated carbocycles. The summed E-state index contributed by atoms with van der Waals surface area (Å²) in [6.45, 7) is 2.29. The van der Waals surface area contributed by atoms with E-state index in [-0.39, 0.29) is 5.91 Å². The van der Waals surface area contributed by atoms with Crippen molar-refractivity contribution in [1.82, 2.24) is 15.3 Å². The van der Waals surface area contributed by atoms with E-state index in [9.17, 15) is 4.79 Å². The second-order valence-corrected chi connectivity index (χ2v) is 5.21. The van der Waals surface area contributed by atoms with Crippen LogP contribution in [-0.4, -0.2) is 15.9 Å². The van der Waals surface area contributed by atoms with Crippen molar-refractivity contribution in [2.45, 2.75) is 13.5 Å². The first-order valence-corrected chi connectivity index (χ1v) is 6.67. The van der Waals surface area contributed by atoms with E-state index >= 15 is 0 Å². The number of carbonyl (C=O) groups is 1. The lowest BCUT2D eigenvalue weighted by atomic mass is 10.2. The number of hydrazine groups is 1. The molecular formula is C11H12ClN5OS. The normalized spacial score (nSPS) is 10.3. The fourth-order valence-electron chi connectivity index (χ4n) is 1.43. The zero-order chi connectivity index (χ0) is 13.8. The van der Waals surface area contributed by atoms with Crippen LogP contribution in [0, 0.1) is 6.92 Å². The highest BCUT2D eigenvalue weighted by Crippen LogP contribution is 2.18. The van der Waals surface area contributed by atoms with Crippen LogP contribution in [0.4, 0.5) is 5.82 Å². The second kappa shape index (κ2) is 5.96. The maximum Gasteiger partial charge on any atom is 0.253 e. The minimum Gasteiger partial charge on any atom is -0.346 e. The Morgan fingerprint density at radius 1 is 1.58 bits per heavy atom. The fourth-order valence-corrected chi connectivity index (χ4v) is 2.26. The van der Waals surface area contributed by atoms with Crippen LogP contribution < -0.4 is 16.6 Å². The number of hydrogen-bond acceptors (Lipinski definition) is 6. The Morgan fingerprint density at radius 3 is 2.95 bits per heavy atom. The fraction of sp³-hybridized carbons (Fsp3) is 0.182. The minimum atomic E-state index is -0.261. The van der Waals surface area contributed by atoms with Gasteiger partial charge in [0.05, 0.1) is 27.8 Å². The third-order valence-electron chi connectivity index (χ3n) is 2.34. The topological polar surface area (TPSA) is 92.9 Å². The Balaban J connectivity index is 2.01. The molecule has 19 heavy (non-hydrogen) atoms. The molecule has 8 heteroatoms. The van der Waals surface area contributed by atoms with Crippen LogP contribution in [0.25, 0.3) is 0 Å². The van der Waals surface area contributed by atoms with Crippen LogP contribution in [0.5, 0.6) is 0 Å². The van der Waals surface area contributed by atoms with E-state index in [4.69, 9.17) is 17.4 Å². The molecule has 0 atom stereocenters. The molecule has 0 bridgehead atoms. The van der Waals surface area contributed by atoms with Crippen molar-refractivity contribution in [3.8, 4) is 0 Å². The lowest BCUT2D eigenvalue weighted by Crippen LogP contribution is -2.23. The number of rotatable bonds is 4. The number of carbonyl (C=O) groups excluding carboxylic acids is 1. The van der Waals surface area contributed by atoms with E-state index in [1.165, 1.54) is 12.3 Å². The largest absolute Gasteiger partial charge is 0.346 e. The van der Waals surface area contributed by atoms with Gasteiger partial charge in [0.2, 0.25) is 0 Å². The molecule has 0 aromatic carbocycles. The molecule has 0 spiro atoms. The number of nitrogens with one attached hydrogen (secondary N) is 2. The predicted octanol–water partition coefficient (Wildman–Crippen LogP) is 1.72. The quantitative estimate of drug-likeness (QED) is 0.590. The summed E-state index contributed by atoms with van der Waals surface area (Å²) in [5, 5.41) is 5.91. The van der Waals surface area contributed by atoms with Crippen molar-refractivity contribution >= 4 is 34.7 Å². The molecule has 0 unspecified atom stereocenters. The Labute approximate surface area is 119 Å². The van der Waals surface area contributed by atoms with Crippen LogP contribution in [-0.2, 0) is 6.54 Å². The van der Waals surface area contributed by atoms with Gasteiger partial charge in [0.25, 0.3) is 5.91 Å². The molecule has 0 aliphatic carbocycles. The van der Waals surface area contributed by atoms with Crippen molar-refractivity contribution in [2.24, 2.45) is 5.84 Å². The van der Waals surface area contributed by atoms with E-state index in [0.717, 1.165) is 10.7 Å². The number of nitrogen functional groups attached to an aromatic ring is 1. The average molecular weight is 298 g/mol. The molecule has 0 aliphatic heterocycles. The molecule has 2 aromatic rings. The summed E-state index contributed by atoms with van der Waals surface area (Å²) < 4.78 is 0. The molecule has 0 radical (unpaired) electrons. The summed E-state index contributed by atoms with van der Waals surface area (Å²) in [4.78, 5) is 20.1. The number of amides is 1. The number of halogens is 1. The zero-order valence-corrected chi connectivity index (χ0v) is 11.7. The van der Waals surface area contributed by atoms with Gasteiger partial charge in [-0.2, -0.15) is 0 Å². The van der Waals surface area contributed by atoms with Crippen LogP contribution in [0.2, 0.25) is 5.02 Å². The number of pyridine rings is 1. The van der Waals surface area contributed by atoms with Gasteiger partial charge in [0, 0.05) is 11.6 Å². The standard InChI is InChI=1S/C11H12ClN5OS/c1-6-16-8(5-19-6)4-15-11(18)7-2-9(12)10(17-13)14-3-7/h2-3,5H,4,13H2,1H3,(H,14,17)(H,15,18). The summed E-state index contributed by atoms with van der Waals surface area (Å²) in [6.07, 6.45) is 1.41. The molecule has 0 aliphatic rings. The molecule has 4 N–H and O–H groups in total. The van der Waals surface area contributed by atoms with Crippen molar-refractivity contribution < 1.29 is 4.79 Å². The summed E-state index contributed by atoms with van der Waals surface area (Å²) in [7, 11) is 0. The number of nitrogens with two attached hydrogens (primary N) is 1. The minimum absolute atomic E-state index is 0.261. The molecule has 0 saturated heterocycles. The van der Waals surface area contributed by atoms with Gasteiger partial charge in [0.1, 0.15) is 0 Å². The first kappa shape index (κ1) is 13.7. The number of thiazole rings is 1. The average Bonchev–Trinajstić information content (AvgIpc) is 2.81. The van der Waals surface area contributed by atoms with Gasteiger partial charge in [0.15, 0.2) is 5.82 Å². The Morgan fingerprint density at radius 2 is 2.37 bits per heavy atom. The maximum absolute atomic E-state index is 11.9. The molecule has 0 fully saturated rings. The van der Waals surface area contributed by atoms with Gasteiger partial charge in [-0.1, -0.05) is 11.6 Å². The summed E-state index contributed by atoms with van der Waals surface area (Å²) in [5.74, 6) is 5.28. The third kappa shape index (κ3) is 3.40. The van der Waals surface area contributed by atoms with Gasteiger partial charge in [-0.15, -0.1) is 11.3 Å². The second-order valence-electron chi connectivity index (χ2n) is 3.74. The molecular weight excluding hydrogens is 286 g/mol. The molecule has 2 aromatic heterocycles. The van der Waals surface area contributed by atoms with Crippen molar-refractivity contribution in [1.29, 1.82) is 0 Å². The van der Waals surface area contributed by atoms with E-state index in [1.807, 2.05) is 12.3 Å². The Kier molecular flexibility index (Phi) is 4.31. The molecule has 100 valence electrons. The number of aromatic nitrogens is 2. The lowest BCUT2D eigenvalue weighted by molar-refractivity contribution is 0.0950. The summed E-state index contributed by atoms with van der Waals surface area (Å²) >= 11 is 7.44. The highest BCUT2D eigenvalue weighted by molar-refractivity contribution is 7.09. The zero-order valence-electron chi connectivity index (χ0n) is 10.1. The first-order valence-electron chi connectivity index (χ1n) is 5.41.